The topological polar surface area (TPSA) is 18.5 Å². The van der Waals surface area contributed by atoms with Crippen LogP contribution in [-0.2, 0) is 16.1 Å². The summed E-state index contributed by atoms with van der Waals surface area (Å²) in [5.41, 5.74) is 1.03. The van der Waals surface area contributed by atoms with Gasteiger partial charge in [0.25, 0.3) is 0 Å². The molecule has 0 aromatic heterocycles. The first-order valence-electron chi connectivity index (χ1n) is 6.33. The Hall–Kier alpha value is -0.0900. The highest BCUT2D eigenvalue weighted by Gasteiger charge is 2.41. The van der Waals surface area contributed by atoms with Gasteiger partial charge in [-0.2, -0.15) is 0 Å². The molecule has 0 bridgehead atoms. The minimum absolute atomic E-state index is 0.174. The number of rotatable bonds is 6. The predicted octanol–water partition coefficient (Wildman–Crippen LogP) is 4.19. The highest BCUT2D eigenvalue weighted by atomic mass is 79.9. The highest BCUT2D eigenvalue weighted by Crippen LogP contribution is 2.34. The summed E-state index contributed by atoms with van der Waals surface area (Å²) in [6.07, 6.45) is 2.39. The third-order valence-electron chi connectivity index (χ3n) is 3.11. The van der Waals surface area contributed by atoms with Gasteiger partial charge in [0.1, 0.15) is 0 Å². The van der Waals surface area contributed by atoms with E-state index in [1.165, 1.54) is 0 Å². The lowest BCUT2D eigenvalue weighted by atomic mass is 9.91. The number of alkyl halides is 1. The molecular formula is C14H18BrClO2. The van der Waals surface area contributed by atoms with Crippen LogP contribution < -0.4 is 0 Å². The summed E-state index contributed by atoms with van der Waals surface area (Å²) in [7, 11) is 0. The van der Waals surface area contributed by atoms with Crippen LogP contribution in [0.4, 0.5) is 0 Å². The van der Waals surface area contributed by atoms with Crippen LogP contribution in [0.1, 0.15) is 25.3 Å². The van der Waals surface area contributed by atoms with Gasteiger partial charge in [-0.1, -0.05) is 52.7 Å². The van der Waals surface area contributed by atoms with Crippen molar-refractivity contribution in [2.45, 2.75) is 43.4 Å². The summed E-state index contributed by atoms with van der Waals surface area (Å²) in [6.45, 7) is 3.45. The maximum Gasteiger partial charge on any atom is 0.0962 e. The Morgan fingerprint density at radius 1 is 1.33 bits per heavy atom. The van der Waals surface area contributed by atoms with E-state index in [1.54, 1.807) is 0 Å². The van der Waals surface area contributed by atoms with Crippen molar-refractivity contribution >= 4 is 27.5 Å². The molecule has 2 rings (SSSR count). The second kappa shape index (κ2) is 6.90. The van der Waals surface area contributed by atoms with Gasteiger partial charge in [0, 0.05) is 16.5 Å². The number of hydrogen-bond acceptors (Lipinski definition) is 2. The molecule has 1 saturated carbocycles. The molecule has 0 saturated heterocycles. The number of benzene rings is 1. The average molecular weight is 334 g/mol. The summed E-state index contributed by atoms with van der Waals surface area (Å²) in [6, 6.07) is 7.79. The van der Waals surface area contributed by atoms with E-state index in [0.717, 1.165) is 30.0 Å². The Labute approximate surface area is 122 Å². The molecule has 3 unspecified atom stereocenters. The average Bonchev–Trinajstić information content (AvgIpc) is 2.36. The third kappa shape index (κ3) is 3.47. The predicted molar refractivity (Wildman–Crippen MR) is 77.4 cm³/mol. The van der Waals surface area contributed by atoms with Crippen molar-refractivity contribution < 1.29 is 9.47 Å². The fourth-order valence-electron chi connectivity index (χ4n) is 1.97. The highest BCUT2D eigenvalue weighted by molar-refractivity contribution is 9.09. The normalized spacial score (nSPS) is 26.9. The van der Waals surface area contributed by atoms with Crippen LogP contribution in [0.3, 0.4) is 0 Å². The monoisotopic (exact) mass is 332 g/mol. The van der Waals surface area contributed by atoms with Crippen LogP contribution >= 0.6 is 27.5 Å². The summed E-state index contributed by atoms with van der Waals surface area (Å²) in [4.78, 5) is 0.417. The Bertz CT molecular complexity index is 386. The summed E-state index contributed by atoms with van der Waals surface area (Å²) in [5.74, 6) is 0. The lowest BCUT2D eigenvalue weighted by molar-refractivity contribution is -0.126. The standard InChI is InChI=1S/C14H18BrClO2/c1-2-7-17-14-11(15)8-13(14)18-9-10-5-3-4-6-12(10)16/h3-6,11,13-14H,2,7-9H2,1H3. The van der Waals surface area contributed by atoms with E-state index >= 15 is 0 Å². The molecule has 0 radical (unpaired) electrons. The van der Waals surface area contributed by atoms with Gasteiger partial charge >= 0.3 is 0 Å². The number of halogens is 2. The second-order valence-electron chi connectivity index (χ2n) is 4.53. The minimum atomic E-state index is 0.174. The molecule has 1 aromatic carbocycles. The van der Waals surface area contributed by atoms with Crippen molar-refractivity contribution in [3.05, 3.63) is 34.9 Å². The lowest BCUT2D eigenvalue weighted by Gasteiger charge is -2.40. The molecule has 0 amide bonds. The molecule has 100 valence electrons. The molecule has 1 aliphatic carbocycles. The van der Waals surface area contributed by atoms with Crippen LogP contribution in [0.15, 0.2) is 24.3 Å². The Kier molecular flexibility index (Phi) is 5.49. The van der Waals surface area contributed by atoms with Gasteiger partial charge in [-0.15, -0.1) is 0 Å². The zero-order valence-electron chi connectivity index (χ0n) is 10.4. The molecule has 0 heterocycles. The first-order chi connectivity index (χ1) is 8.72. The quantitative estimate of drug-likeness (QED) is 0.727. The maximum atomic E-state index is 6.10. The Balaban J connectivity index is 1.82. The van der Waals surface area contributed by atoms with E-state index in [9.17, 15) is 0 Å². The van der Waals surface area contributed by atoms with Gasteiger partial charge < -0.3 is 9.47 Å². The van der Waals surface area contributed by atoms with Gasteiger partial charge in [-0.05, 0) is 24.5 Å². The van der Waals surface area contributed by atoms with Crippen LogP contribution in [-0.4, -0.2) is 23.6 Å². The zero-order valence-corrected chi connectivity index (χ0v) is 12.8. The molecule has 1 fully saturated rings. The molecule has 0 N–H and O–H groups in total. The molecule has 0 aliphatic heterocycles. The van der Waals surface area contributed by atoms with Crippen molar-refractivity contribution in [1.82, 2.24) is 0 Å². The zero-order chi connectivity index (χ0) is 13.0. The fraction of sp³-hybridized carbons (Fsp3) is 0.571. The molecule has 3 atom stereocenters. The van der Waals surface area contributed by atoms with E-state index in [2.05, 4.69) is 22.9 Å². The van der Waals surface area contributed by atoms with E-state index in [0.29, 0.717) is 11.4 Å². The summed E-state index contributed by atoms with van der Waals surface area (Å²) in [5, 5.41) is 0.762. The molecule has 18 heavy (non-hydrogen) atoms. The van der Waals surface area contributed by atoms with Crippen molar-refractivity contribution in [1.29, 1.82) is 0 Å². The fourth-order valence-corrected chi connectivity index (χ4v) is 3.02. The van der Waals surface area contributed by atoms with Gasteiger partial charge in [-0.3, -0.25) is 0 Å². The largest absolute Gasteiger partial charge is 0.374 e. The van der Waals surface area contributed by atoms with E-state index in [4.69, 9.17) is 21.1 Å². The summed E-state index contributed by atoms with van der Waals surface area (Å²) < 4.78 is 11.7. The molecule has 1 aromatic rings. The van der Waals surface area contributed by atoms with Crippen LogP contribution in [0.25, 0.3) is 0 Å². The minimum Gasteiger partial charge on any atom is -0.374 e. The molecular weight excluding hydrogens is 316 g/mol. The van der Waals surface area contributed by atoms with Crippen molar-refractivity contribution in [2.75, 3.05) is 6.61 Å². The van der Waals surface area contributed by atoms with Crippen molar-refractivity contribution in [2.24, 2.45) is 0 Å². The van der Waals surface area contributed by atoms with Gasteiger partial charge in [0.2, 0.25) is 0 Å². The van der Waals surface area contributed by atoms with Crippen molar-refractivity contribution in [3.8, 4) is 0 Å². The first-order valence-corrected chi connectivity index (χ1v) is 7.62. The van der Waals surface area contributed by atoms with Gasteiger partial charge in [0.15, 0.2) is 0 Å². The number of hydrogen-bond donors (Lipinski definition) is 0. The Morgan fingerprint density at radius 2 is 2.11 bits per heavy atom. The maximum absolute atomic E-state index is 6.10. The SMILES string of the molecule is CCCOC1C(Br)CC1OCc1ccccc1Cl. The van der Waals surface area contributed by atoms with E-state index < -0.39 is 0 Å². The molecule has 4 heteroatoms. The smallest absolute Gasteiger partial charge is 0.0962 e. The van der Waals surface area contributed by atoms with Gasteiger partial charge in [-0.25, -0.2) is 0 Å². The number of ether oxygens (including phenoxy) is 2. The third-order valence-corrected chi connectivity index (χ3v) is 4.37. The van der Waals surface area contributed by atoms with Gasteiger partial charge in [0.05, 0.1) is 18.8 Å². The van der Waals surface area contributed by atoms with E-state index in [1.807, 2.05) is 24.3 Å². The Morgan fingerprint density at radius 3 is 2.78 bits per heavy atom. The first kappa shape index (κ1) is 14.3. The molecule has 2 nitrogen and oxygen atoms in total. The molecule has 1 aliphatic rings. The lowest BCUT2D eigenvalue weighted by Crippen LogP contribution is -2.50. The van der Waals surface area contributed by atoms with Crippen LogP contribution in [0, 0.1) is 0 Å². The van der Waals surface area contributed by atoms with Crippen LogP contribution in [0.2, 0.25) is 5.02 Å². The summed E-state index contributed by atoms with van der Waals surface area (Å²) >= 11 is 9.70. The molecule has 0 spiro atoms. The van der Waals surface area contributed by atoms with E-state index in [-0.39, 0.29) is 12.2 Å². The van der Waals surface area contributed by atoms with Crippen LogP contribution in [0.5, 0.6) is 0 Å². The van der Waals surface area contributed by atoms with Crippen molar-refractivity contribution in [3.63, 3.8) is 0 Å². The second-order valence-corrected chi connectivity index (χ2v) is 6.11.